The summed E-state index contributed by atoms with van der Waals surface area (Å²) in [6.07, 6.45) is 3.18. The quantitative estimate of drug-likeness (QED) is 0.611. The van der Waals surface area contributed by atoms with Crippen LogP contribution in [0.3, 0.4) is 0 Å². The molecule has 0 atom stereocenters. The lowest BCUT2D eigenvalue weighted by Gasteiger charge is -1.89. The highest BCUT2D eigenvalue weighted by Crippen LogP contribution is 2.30. The van der Waals surface area contributed by atoms with Gasteiger partial charge >= 0.3 is 0 Å². The van der Waals surface area contributed by atoms with Gasteiger partial charge in [0.1, 0.15) is 0 Å². The van der Waals surface area contributed by atoms with Crippen LogP contribution in [0, 0.1) is 6.92 Å². The van der Waals surface area contributed by atoms with E-state index in [9.17, 15) is 0 Å². The average molecular weight is 218 g/mol. The molecule has 1 aromatic carbocycles. The molecule has 2 aromatic rings. The summed E-state index contributed by atoms with van der Waals surface area (Å²) in [7, 11) is 0. The number of benzene rings is 1. The Morgan fingerprint density at radius 3 is 2.40 bits per heavy atom. The van der Waals surface area contributed by atoms with Gasteiger partial charge in [-0.1, -0.05) is 51.1 Å². The largest absolute Gasteiger partial charge is 0.136 e. The van der Waals surface area contributed by atoms with E-state index in [2.05, 4.69) is 51.6 Å². The number of fused-ring (bicyclic) bond motifs is 1. The molecule has 1 heteroatoms. The standard InChI is InChI=1S/C11H10S.C3H8/c1-3-10-8(2)9-6-4-5-7-11(9)12-10;1-3-2/h3-7H,1H2,2H3;3H2,1-2H3. The molecule has 0 aliphatic rings. The molecule has 2 rings (SSSR count). The molecule has 0 amide bonds. The van der Waals surface area contributed by atoms with Crippen molar-refractivity contribution >= 4 is 27.5 Å². The van der Waals surface area contributed by atoms with Gasteiger partial charge in [-0.25, -0.2) is 0 Å². The second kappa shape index (κ2) is 5.72. The molecule has 0 spiro atoms. The van der Waals surface area contributed by atoms with Crippen molar-refractivity contribution in [2.45, 2.75) is 27.2 Å². The van der Waals surface area contributed by atoms with Gasteiger partial charge in [-0.2, -0.15) is 0 Å². The molecule has 0 N–H and O–H groups in total. The van der Waals surface area contributed by atoms with Gasteiger partial charge in [-0.05, 0) is 23.9 Å². The molecule has 0 saturated carbocycles. The SMILES string of the molecule is C=Cc1sc2ccccc2c1C.CCC. The Labute approximate surface area is 96.3 Å². The van der Waals surface area contributed by atoms with E-state index < -0.39 is 0 Å². The fraction of sp³-hybridized carbons (Fsp3) is 0.286. The van der Waals surface area contributed by atoms with Crippen molar-refractivity contribution in [1.29, 1.82) is 0 Å². The topological polar surface area (TPSA) is 0 Å². The van der Waals surface area contributed by atoms with Gasteiger partial charge in [-0.3, -0.25) is 0 Å². The summed E-state index contributed by atoms with van der Waals surface area (Å²) in [5.74, 6) is 0. The van der Waals surface area contributed by atoms with E-state index >= 15 is 0 Å². The first-order chi connectivity index (χ1) is 7.24. The minimum absolute atomic E-state index is 1.25. The van der Waals surface area contributed by atoms with Crippen LogP contribution >= 0.6 is 11.3 Å². The Bertz CT molecular complexity index is 438. The van der Waals surface area contributed by atoms with E-state index in [1.807, 2.05) is 6.08 Å². The zero-order valence-electron chi connectivity index (χ0n) is 9.71. The van der Waals surface area contributed by atoms with E-state index in [1.54, 1.807) is 11.3 Å². The molecule has 80 valence electrons. The predicted octanol–water partition coefficient (Wildman–Crippen LogP) is 5.27. The summed E-state index contributed by atoms with van der Waals surface area (Å²) in [5, 5.41) is 1.36. The Hall–Kier alpha value is -1.08. The first-order valence-electron chi connectivity index (χ1n) is 5.35. The molecule has 1 heterocycles. The molecular formula is C14H18S. The Kier molecular flexibility index (Phi) is 4.57. The number of aryl methyl sites for hydroxylation is 1. The molecule has 0 nitrogen and oxygen atoms in total. The first kappa shape index (κ1) is 12.0. The maximum atomic E-state index is 3.80. The fourth-order valence-corrected chi connectivity index (χ4v) is 2.45. The van der Waals surface area contributed by atoms with E-state index in [0.29, 0.717) is 0 Å². The summed E-state index contributed by atoms with van der Waals surface area (Å²) < 4.78 is 1.35. The molecule has 0 bridgehead atoms. The van der Waals surface area contributed by atoms with Crippen LogP contribution in [0.5, 0.6) is 0 Å². The second-order valence-electron chi connectivity index (χ2n) is 3.50. The van der Waals surface area contributed by atoms with Gasteiger partial charge in [0.05, 0.1) is 0 Å². The van der Waals surface area contributed by atoms with E-state index in [1.165, 1.54) is 26.9 Å². The highest BCUT2D eigenvalue weighted by atomic mass is 32.1. The third-order valence-corrected chi connectivity index (χ3v) is 3.33. The predicted molar refractivity (Wildman–Crippen MR) is 72.6 cm³/mol. The van der Waals surface area contributed by atoms with Crippen LogP contribution in [0.1, 0.15) is 30.7 Å². The number of hydrogen-bond acceptors (Lipinski definition) is 1. The van der Waals surface area contributed by atoms with Crippen molar-refractivity contribution in [1.82, 2.24) is 0 Å². The minimum atomic E-state index is 1.25. The molecule has 0 aliphatic carbocycles. The number of thiophene rings is 1. The van der Waals surface area contributed by atoms with Crippen LogP contribution in [0.25, 0.3) is 16.2 Å². The molecule has 0 saturated heterocycles. The molecule has 0 unspecified atom stereocenters. The Morgan fingerprint density at radius 1 is 1.27 bits per heavy atom. The first-order valence-corrected chi connectivity index (χ1v) is 6.16. The van der Waals surface area contributed by atoms with Crippen LogP contribution < -0.4 is 0 Å². The van der Waals surface area contributed by atoms with Crippen molar-refractivity contribution in [3.8, 4) is 0 Å². The summed E-state index contributed by atoms with van der Waals surface area (Å²) >= 11 is 1.81. The van der Waals surface area contributed by atoms with Crippen LogP contribution in [0.4, 0.5) is 0 Å². The molecule has 1 aromatic heterocycles. The molecule has 15 heavy (non-hydrogen) atoms. The molecule has 0 fully saturated rings. The van der Waals surface area contributed by atoms with Gasteiger partial charge < -0.3 is 0 Å². The van der Waals surface area contributed by atoms with Gasteiger partial charge in [0.15, 0.2) is 0 Å². The van der Waals surface area contributed by atoms with Crippen LogP contribution in [-0.2, 0) is 0 Å². The van der Waals surface area contributed by atoms with Gasteiger partial charge in [-0.15, -0.1) is 11.3 Å². The third-order valence-electron chi connectivity index (χ3n) is 2.07. The Balaban J connectivity index is 0.000000337. The smallest absolute Gasteiger partial charge is 0.0351 e. The van der Waals surface area contributed by atoms with Crippen molar-refractivity contribution in [3.63, 3.8) is 0 Å². The lowest BCUT2D eigenvalue weighted by Crippen LogP contribution is -1.68. The lowest BCUT2D eigenvalue weighted by molar-refractivity contribution is 1.09. The number of hydrogen-bond donors (Lipinski definition) is 0. The highest BCUT2D eigenvalue weighted by molar-refractivity contribution is 7.20. The van der Waals surface area contributed by atoms with Crippen molar-refractivity contribution in [2.24, 2.45) is 0 Å². The average Bonchev–Trinajstić information content (AvgIpc) is 2.57. The fourth-order valence-electron chi connectivity index (χ4n) is 1.39. The van der Waals surface area contributed by atoms with Gasteiger partial charge in [0.25, 0.3) is 0 Å². The molecule has 0 radical (unpaired) electrons. The molecular weight excluding hydrogens is 200 g/mol. The zero-order valence-corrected chi connectivity index (χ0v) is 10.5. The normalized spacial score (nSPS) is 9.53. The lowest BCUT2D eigenvalue weighted by atomic mass is 10.1. The summed E-state index contributed by atoms with van der Waals surface area (Å²) in [5.41, 5.74) is 1.35. The summed E-state index contributed by atoms with van der Waals surface area (Å²) in [6.45, 7) is 10.2. The summed E-state index contributed by atoms with van der Waals surface area (Å²) in [6, 6.07) is 8.47. The molecule has 0 aliphatic heterocycles. The van der Waals surface area contributed by atoms with Crippen molar-refractivity contribution < 1.29 is 0 Å². The third kappa shape index (κ3) is 2.69. The Morgan fingerprint density at radius 2 is 1.87 bits per heavy atom. The zero-order chi connectivity index (χ0) is 11.3. The monoisotopic (exact) mass is 218 g/mol. The van der Waals surface area contributed by atoms with E-state index in [-0.39, 0.29) is 0 Å². The van der Waals surface area contributed by atoms with E-state index in [4.69, 9.17) is 0 Å². The highest BCUT2D eigenvalue weighted by Gasteiger charge is 2.03. The second-order valence-corrected chi connectivity index (χ2v) is 4.58. The number of rotatable bonds is 1. The van der Waals surface area contributed by atoms with Crippen molar-refractivity contribution in [2.75, 3.05) is 0 Å². The summed E-state index contributed by atoms with van der Waals surface area (Å²) in [4.78, 5) is 1.29. The van der Waals surface area contributed by atoms with Crippen LogP contribution in [0.2, 0.25) is 0 Å². The van der Waals surface area contributed by atoms with Gasteiger partial charge in [0.2, 0.25) is 0 Å². The van der Waals surface area contributed by atoms with Gasteiger partial charge in [0, 0.05) is 9.58 Å². The van der Waals surface area contributed by atoms with Crippen molar-refractivity contribution in [3.05, 3.63) is 41.3 Å². The maximum Gasteiger partial charge on any atom is 0.0351 e. The van der Waals surface area contributed by atoms with E-state index in [0.717, 1.165) is 0 Å². The van der Waals surface area contributed by atoms with Crippen LogP contribution in [-0.4, -0.2) is 0 Å². The minimum Gasteiger partial charge on any atom is -0.136 e. The maximum absolute atomic E-state index is 3.80. The van der Waals surface area contributed by atoms with Crippen LogP contribution in [0.15, 0.2) is 30.8 Å².